The molecule has 4 heterocycles. The zero-order valence-corrected chi connectivity index (χ0v) is 12.3. The molecule has 112 valence electrons. The van der Waals surface area contributed by atoms with Crippen molar-refractivity contribution in [1.82, 2.24) is 14.5 Å². The summed E-state index contributed by atoms with van der Waals surface area (Å²) in [6.07, 6.45) is 2.26. The third-order valence-corrected chi connectivity index (χ3v) is 5.10. The van der Waals surface area contributed by atoms with Gasteiger partial charge in [0.25, 0.3) is 0 Å². The maximum absolute atomic E-state index is 14.0. The van der Waals surface area contributed by atoms with E-state index in [1.165, 1.54) is 6.07 Å². The highest BCUT2D eigenvalue weighted by Gasteiger charge is 2.37. The lowest BCUT2D eigenvalue weighted by molar-refractivity contribution is 0.0578. The molecule has 3 aliphatic rings. The monoisotopic (exact) mass is 311 g/mol. The second-order valence-electron chi connectivity index (χ2n) is 5.99. The molecule has 5 rings (SSSR count). The molecule has 21 heavy (non-hydrogen) atoms. The number of fused-ring (bicyclic) bond motifs is 4. The van der Waals surface area contributed by atoms with Crippen LogP contribution in [0.4, 0.5) is 8.78 Å². The van der Waals surface area contributed by atoms with Crippen LogP contribution in [0.5, 0.6) is 0 Å². The Morgan fingerprint density at radius 2 is 2.00 bits per heavy atom. The molecule has 1 aromatic heterocycles. The Balaban J connectivity index is 1.90. The molecule has 1 unspecified atom stereocenters. The van der Waals surface area contributed by atoms with E-state index in [-0.39, 0.29) is 17.4 Å². The Morgan fingerprint density at radius 3 is 2.62 bits per heavy atom. The van der Waals surface area contributed by atoms with Crippen molar-refractivity contribution in [2.45, 2.75) is 24.8 Å². The van der Waals surface area contributed by atoms with Crippen LogP contribution in [0.1, 0.15) is 24.7 Å². The van der Waals surface area contributed by atoms with Crippen LogP contribution in [-0.2, 0) is 5.88 Å². The van der Waals surface area contributed by atoms with E-state index in [0.717, 1.165) is 38.5 Å². The van der Waals surface area contributed by atoms with E-state index in [1.54, 1.807) is 0 Å². The van der Waals surface area contributed by atoms with Gasteiger partial charge in [-0.25, -0.2) is 13.8 Å². The van der Waals surface area contributed by atoms with Gasteiger partial charge < -0.3 is 9.47 Å². The molecule has 0 radical (unpaired) electrons. The first-order valence-corrected chi connectivity index (χ1v) is 7.85. The lowest BCUT2D eigenvalue weighted by Crippen LogP contribution is -2.48. The molecule has 0 spiro atoms. The number of piperidine rings is 3. The Bertz CT molecular complexity index is 692. The summed E-state index contributed by atoms with van der Waals surface area (Å²) in [4.78, 5) is 6.71. The molecule has 3 fully saturated rings. The van der Waals surface area contributed by atoms with Crippen LogP contribution in [-0.4, -0.2) is 34.1 Å². The van der Waals surface area contributed by atoms with E-state index in [4.69, 9.17) is 11.6 Å². The molecule has 1 atom stereocenters. The maximum atomic E-state index is 14.0. The molecule has 0 amide bonds. The van der Waals surface area contributed by atoms with Crippen LogP contribution in [0.25, 0.3) is 11.0 Å². The lowest BCUT2D eigenvalue weighted by Gasteiger charge is -2.45. The molecule has 2 bridgehead atoms. The van der Waals surface area contributed by atoms with Crippen molar-refractivity contribution in [3.8, 4) is 0 Å². The molecule has 3 aliphatic heterocycles. The fraction of sp³-hybridized carbons (Fsp3) is 0.533. The minimum absolute atomic E-state index is 0.207. The molecule has 1 aromatic carbocycles. The van der Waals surface area contributed by atoms with Gasteiger partial charge in [-0.2, -0.15) is 0 Å². The normalized spacial score (nSPS) is 28.4. The van der Waals surface area contributed by atoms with Gasteiger partial charge in [0.1, 0.15) is 17.2 Å². The van der Waals surface area contributed by atoms with Gasteiger partial charge >= 0.3 is 0 Å². The number of imidazole rings is 1. The van der Waals surface area contributed by atoms with Crippen LogP contribution in [0.2, 0.25) is 0 Å². The van der Waals surface area contributed by atoms with E-state index in [1.807, 2.05) is 4.57 Å². The van der Waals surface area contributed by atoms with Crippen molar-refractivity contribution in [2.24, 2.45) is 5.92 Å². The van der Waals surface area contributed by atoms with Crippen molar-refractivity contribution in [1.29, 1.82) is 0 Å². The van der Waals surface area contributed by atoms with Crippen LogP contribution in [0.15, 0.2) is 12.1 Å². The van der Waals surface area contributed by atoms with E-state index in [0.29, 0.717) is 17.3 Å². The lowest BCUT2D eigenvalue weighted by atomic mass is 9.83. The number of hydrogen-bond acceptors (Lipinski definition) is 2. The van der Waals surface area contributed by atoms with E-state index < -0.39 is 11.6 Å². The topological polar surface area (TPSA) is 21.1 Å². The quantitative estimate of drug-likeness (QED) is 0.793. The van der Waals surface area contributed by atoms with Gasteiger partial charge in [0.15, 0.2) is 5.82 Å². The molecule has 0 N–H and O–H groups in total. The van der Waals surface area contributed by atoms with Crippen LogP contribution >= 0.6 is 11.6 Å². The van der Waals surface area contributed by atoms with Crippen LogP contribution in [0, 0.1) is 17.6 Å². The van der Waals surface area contributed by atoms with Crippen molar-refractivity contribution in [3.05, 3.63) is 29.6 Å². The summed E-state index contributed by atoms with van der Waals surface area (Å²) in [5, 5.41) is 0. The van der Waals surface area contributed by atoms with E-state index >= 15 is 0 Å². The van der Waals surface area contributed by atoms with Crippen molar-refractivity contribution < 1.29 is 8.78 Å². The average Bonchev–Trinajstić information content (AvgIpc) is 2.87. The van der Waals surface area contributed by atoms with E-state index in [2.05, 4.69) is 9.88 Å². The van der Waals surface area contributed by atoms with Gasteiger partial charge in [0.2, 0.25) is 0 Å². The molecule has 0 saturated carbocycles. The van der Waals surface area contributed by atoms with Gasteiger partial charge in [-0.3, -0.25) is 0 Å². The molecular weight excluding hydrogens is 296 g/mol. The Morgan fingerprint density at radius 1 is 1.24 bits per heavy atom. The van der Waals surface area contributed by atoms with Gasteiger partial charge in [0.05, 0.1) is 17.4 Å². The Kier molecular flexibility index (Phi) is 3.15. The molecule has 3 nitrogen and oxygen atoms in total. The highest BCUT2D eigenvalue weighted by Crippen LogP contribution is 2.38. The van der Waals surface area contributed by atoms with Crippen molar-refractivity contribution in [2.75, 3.05) is 19.6 Å². The summed E-state index contributed by atoms with van der Waals surface area (Å²) >= 11 is 6.00. The number of rotatable bonds is 2. The predicted octanol–water partition coefficient (Wildman–Crippen LogP) is 3.32. The maximum Gasteiger partial charge on any atom is 0.153 e. The first-order valence-electron chi connectivity index (χ1n) is 7.31. The second-order valence-corrected chi connectivity index (χ2v) is 6.26. The number of nitrogens with zero attached hydrogens (tertiary/aromatic N) is 3. The van der Waals surface area contributed by atoms with Gasteiger partial charge in [-0.15, -0.1) is 11.6 Å². The SMILES string of the molecule is Fc1cc(F)c2nc(CCl)n(C3CN4CCC3CC4)c2c1. The standard InChI is InChI=1S/C15H16ClF2N3/c16-7-14-19-15-11(18)5-10(17)6-12(15)21(14)13-8-20-3-1-9(13)2-4-20/h5-6,9,13H,1-4,7-8H2. The fourth-order valence-electron chi connectivity index (χ4n) is 3.86. The number of aromatic nitrogens is 2. The summed E-state index contributed by atoms with van der Waals surface area (Å²) in [7, 11) is 0. The Labute approximate surface area is 126 Å². The summed E-state index contributed by atoms with van der Waals surface area (Å²) in [6, 6.07) is 2.47. The van der Waals surface area contributed by atoms with Gasteiger partial charge in [-0.1, -0.05) is 0 Å². The van der Waals surface area contributed by atoms with Gasteiger partial charge in [-0.05, 0) is 37.9 Å². The minimum Gasteiger partial charge on any atom is -0.322 e. The summed E-state index contributed by atoms with van der Waals surface area (Å²) < 4.78 is 29.6. The first-order chi connectivity index (χ1) is 10.2. The number of halogens is 3. The smallest absolute Gasteiger partial charge is 0.153 e. The van der Waals surface area contributed by atoms with Crippen LogP contribution < -0.4 is 0 Å². The molecular formula is C15H16ClF2N3. The number of alkyl halides is 1. The summed E-state index contributed by atoms with van der Waals surface area (Å²) in [5.74, 6) is 0.203. The summed E-state index contributed by atoms with van der Waals surface area (Å²) in [5.41, 5.74) is 0.755. The molecule has 3 saturated heterocycles. The third kappa shape index (κ3) is 2.06. The predicted molar refractivity (Wildman–Crippen MR) is 77.4 cm³/mol. The highest BCUT2D eigenvalue weighted by atomic mass is 35.5. The second kappa shape index (κ2) is 4.92. The average molecular weight is 312 g/mol. The molecule has 2 aromatic rings. The van der Waals surface area contributed by atoms with Crippen molar-refractivity contribution >= 4 is 22.6 Å². The first kappa shape index (κ1) is 13.5. The van der Waals surface area contributed by atoms with Crippen LogP contribution in [0.3, 0.4) is 0 Å². The third-order valence-electron chi connectivity index (χ3n) is 4.86. The fourth-order valence-corrected chi connectivity index (χ4v) is 4.05. The zero-order valence-electron chi connectivity index (χ0n) is 11.5. The minimum atomic E-state index is -0.614. The zero-order chi connectivity index (χ0) is 14.6. The van der Waals surface area contributed by atoms with Crippen molar-refractivity contribution in [3.63, 3.8) is 0 Å². The highest BCUT2D eigenvalue weighted by molar-refractivity contribution is 6.16. The summed E-state index contributed by atoms with van der Waals surface area (Å²) in [6.45, 7) is 3.15. The largest absolute Gasteiger partial charge is 0.322 e. The number of benzene rings is 1. The Hall–Kier alpha value is -1.20. The van der Waals surface area contributed by atoms with E-state index in [9.17, 15) is 8.78 Å². The number of hydrogen-bond donors (Lipinski definition) is 0. The molecule has 6 heteroatoms. The van der Waals surface area contributed by atoms with Gasteiger partial charge in [0, 0.05) is 12.6 Å². The molecule has 0 aliphatic carbocycles.